The Hall–Kier alpha value is -2.77. The van der Waals surface area contributed by atoms with E-state index >= 15 is 0 Å². The molecule has 3 aromatic rings. The van der Waals surface area contributed by atoms with Crippen molar-refractivity contribution >= 4 is 39.1 Å². The van der Waals surface area contributed by atoms with E-state index in [2.05, 4.69) is 23.5 Å². The summed E-state index contributed by atoms with van der Waals surface area (Å²) in [7, 11) is 0. The molecule has 29 heavy (non-hydrogen) atoms. The fraction of sp³-hybridized carbons (Fsp3) is 0.318. The summed E-state index contributed by atoms with van der Waals surface area (Å²) in [4.78, 5) is 29.9. The first kappa shape index (κ1) is 19.5. The summed E-state index contributed by atoms with van der Waals surface area (Å²) in [6.07, 6.45) is 2.08. The predicted octanol–water partition coefficient (Wildman–Crippen LogP) is 2.18. The number of nitrogens with one attached hydrogen (secondary N) is 2. The van der Waals surface area contributed by atoms with Crippen molar-refractivity contribution in [2.24, 2.45) is 5.73 Å². The second-order valence-electron chi connectivity index (χ2n) is 7.60. The number of primary amides is 1. The van der Waals surface area contributed by atoms with E-state index < -0.39 is 5.91 Å². The van der Waals surface area contributed by atoms with Gasteiger partial charge in [-0.1, -0.05) is 12.1 Å². The lowest BCUT2D eigenvalue weighted by molar-refractivity contribution is -0.919. The molecule has 1 atom stereocenters. The number of thiazole rings is 1. The second kappa shape index (κ2) is 8.31. The van der Waals surface area contributed by atoms with Gasteiger partial charge in [0.25, 0.3) is 5.91 Å². The van der Waals surface area contributed by atoms with Crippen molar-refractivity contribution in [1.82, 2.24) is 4.98 Å². The van der Waals surface area contributed by atoms with E-state index in [0.29, 0.717) is 17.2 Å². The minimum atomic E-state index is -0.475. The van der Waals surface area contributed by atoms with Gasteiger partial charge in [-0.2, -0.15) is 0 Å². The lowest BCUT2D eigenvalue weighted by atomic mass is 9.96. The van der Waals surface area contributed by atoms with Crippen LogP contribution in [-0.4, -0.2) is 35.9 Å². The van der Waals surface area contributed by atoms with E-state index in [1.54, 1.807) is 35.6 Å². The van der Waals surface area contributed by atoms with Gasteiger partial charge in [0.1, 0.15) is 0 Å². The van der Waals surface area contributed by atoms with Crippen LogP contribution in [0, 0.1) is 0 Å². The van der Waals surface area contributed by atoms with Crippen LogP contribution in [0.5, 0.6) is 0 Å². The Bertz CT molecular complexity index is 990. The van der Waals surface area contributed by atoms with E-state index in [1.807, 2.05) is 13.0 Å². The van der Waals surface area contributed by atoms with Gasteiger partial charge < -0.3 is 16.0 Å². The summed E-state index contributed by atoms with van der Waals surface area (Å²) in [6, 6.07) is 14.8. The van der Waals surface area contributed by atoms with E-state index in [0.717, 1.165) is 31.4 Å². The van der Waals surface area contributed by atoms with Crippen LogP contribution in [0.4, 0.5) is 5.69 Å². The van der Waals surface area contributed by atoms with Crippen LogP contribution in [0.3, 0.4) is 0 Å². The molecule has 4 rings (SSSR count). The van der Waals surface area contributed by atoms with Crippen LogP contribution in [0.25, 0.3) is 10.2 Å². The number of benzene rings is 2. The highest BCUT2D eigenvalue weighted by atomic mass is 32.1. The van der Waals surface area contributed by atoms with Crippen LogP contribution in [-0.2, 0) is 4.79 Å². The smallest absolute Gasteiger partial charge is 0.282 e. The Morgan fingerprint density at radius 1 is 1.14 bits per heavy atom. The number of amides is 2. The van der Waals surface area contributed by atoms with Crippen molar-refractivity contribution in [2.75, 3.05) is 18.4 Å². The van der Waals surface area contributed by atoms with Gasteiger partial charge in [0.05, 0.1) is 28.3 Å². The number of hydrogen-bond acceptors (Lipinski definition) is 4. The Labute approximate surface area is 173 Å². The van der Waals surface area contributed by atoms with E-state index in [9.17, 15) is 9.59 Å². The third-order valence-corrected chi connectivity index (χ3v) is 6.93. The molecule has 1 fully saturated rings. The Kier molecular flexibility index (Phi) is 5.60. The molecule has 4 N–H and O–H groups in total. The number of carbonyl (C=O) groups is 2. The largest absolute Gasteiger partial charge is 0.366 e. The summed E-state index contributed by atoms with van der Waals surface area (Å²) >= 11 is 1.79. The fourth-order valence-electron chi connectivity index (χ4n) is 3.89. The van der Waals surface area contributed by atoms with Crippen molar-refractivity contribution in [2.45, 2.75) is 31.7 Å². The van der Waals surface area contributed by atoms with Crippen molar-refractivity contribution in [3.63, 3.8) is 0 Å². The van der Waals surface area contributed by atoms with Crippen molar-refractivity contribution in [1.29, 1.82) is 0 Å². The first-order valence-corrected chi connectivity index (χ1v) is 10.7. The molecule has 7 heteroatoms. The standard InChI is InChI=1S/C22H24N4O2S/c1-14(21(28)24-17-8-6-15(7-9-17)20(23)27)26-12-10-16(11-13-26)22-25-18-4-2-3-5-19(18)29-22/h2-9,14,16H,10-13H2,1H3,(H2,23,27)(H,24,28)/p+1/t14-/m0/s1. The van der Waals surface area contributed by atoms with E-state index in [1.165, 1.54) is 14.6 Å². The van der Waals surface area contributed by atoms with E-state index in [-0.39, 0.29) is 11.9 Å². The highest BCUT2D eigenvalue weighted by molar-refractivity contribution is 7.18. The molecule has 0 unspecified atom stereocenters. The molecule has 0 bridgehead atoms. The second-order valence-corrected chi connectivity index (χ2v) is 8.67. The lowest BCUT2D eigenvalue weighted by Crippen LogP contribution is -3.17. The maximum atomic E-state index is 12.7. The third kappa shape index (κ3) is 4.31. The maximum absolute atomic E-state index is 12.7. The quantitative estimate of drug-likeness (QED) is 0.603. The molecule has 0 saturated carbocycles. The van der Waals surface area contributed by atoms with Gasteiger partial charge in [-0.3, -0.25) is 9.59 Å². The molecule has 0 spiro atoms. The van der Waals surface area contributed by atoms with Gasteiger partial charge in [-0.15, -0.1) is 11.3 Å². The minimum Gasteiger partial charge on any atom is -0.366 e. The van der Waals surface area contributed by atoms with Crippen LogP contribution >= 0.6 is 11.3 Å². The number of aromatic nitrogens is 1. The number of likely N-dealkylation sites (tertiary alicyclic amines) is 1. The average molecular weight is 410 g/mol. The maximum Gasteiger partial charge on any atom is 0.282 e. The number of fused-ring (bicyclic) bond motifs is 1. The van der Waals surface area contributed by atoms with Gasteiger partial charge >= 0.3 is 0 Å². The van der Waals surface area contributed by atoms with Gasteiger partial charge in [-0.05, 0) is 43.3 Å². The summed E-state index contributed by atoms with van der Waals surface area (Å²) in [5, 5.41) is 4.16. The SMILES string of the molecule is C[C@@H](C(=O)Nc1ccc(C(N)=O)cc1)[NH+]1CCC(c2nc3ccccc3s2)CC1. The van der Waals surface area contributed by atoms with Crippen LogP contribution in [0.15, 0.2) is 48.5 Å². The molecular formula is C22H25N4O2S+. The summed E-state index contributed by atoms with van der Waals surface area (Å²) in [6.45, 7) is 3.88. The number of piperidine rings is 1. The third-order valence-electron chi connectivity index (χ3n) is 5.73. The number of para-hydroxylation sites is 1. The molecule has 1 aliphatic heterocycles. The lowest BCUT2D eigenvalue weighted by Gasteiger charge is -2.31. The molecule has 1 aromatic heterocycles. The molecule has 2 amide bonds. The highest BCUT2D eigenvalue weighted by Gasteiger charge is 2.31. The van der Waals surface area contributed by atoms with Crippen LogP contribution in [0.1, 0.15) is 41.0 Å². The molecule has 1 aliphatic rings. The van der Waals surface area contributed by atoms with Crippen molar-refractivity contribution < 1.29 is 14.5 Å². The Balaban J connectivity index is 1.33. The zero-order valence-corrected chi connectivity index (χ0v) is 17.2. The van der Waals surface area contributed by atoms with Gasteiger partial charge in [0.15, 0.2) is 6.04 Å². The Morgan fingerprint density at radius 2 is 1.83 bits per heavy atom. The number of anilines is 1. The predicted molar refractivity (Wildman–Crippen MR) is 115 cm³/mol. The molecule has 2 heterocycles. The molecular weight excluding hydrogens is 384 g/mol. The number of nitrogens with two attached hydrogens (primary N) is 1. The minimum absolute atomic E-state index is 0.00902. The summed E-state index contributed by atoms with van der Waals surface area (Å²) in [5.74, 6) is -0.00490. The zero-order chi connectivity index (χ0) is 20.4. The number of carbonyl (C=O) groups excluding carboxylic acids is 2. The molecule has 2 aromatic carbocycles. The number of nitrogens with zero attached hydrogens (tertiary/aromatic N) is 1. The van der Waals surface area contributed by atoms with Gasteiger partial charge in [-0.25, -0.2) is 4.98 Å². The number of rotatable bonds is 5. The summed E-state index contributed by atoms with van der Waals surface area (Å²) in [5.41, 5.74) is 7.44. The van der Waals surface area contributed by atoms with Crippen molar-refractivity contribution in [3.05, 3.63) is 59.1 Å². The Morgan fingerprint density at radius 3 is 2.48 bits per heavy atom. The van der Waals surface area contributed by atoms with Crippen LogP contribution < -0.4 is 16.0 Å². The topological polar surface area (TPSA) is 89.5 Å². The number of hydrogen-bond donors (Lipinski definition) is 3. The van der Waals surface area contributed by atoms with Crippen LogP contribution in [0.2, 0.25) is 0 Å². The highest BCUT2D eigenvalue weighted by Crippen LogP contribution is 2.31. The monoisotopic (exact) mass is 409 g/mol. The zero-order valence-electron chi connectivity index (χ0n) is 16.4. The summed E-state index contributed by atoms with van der Waals surface area (Å²) < 4.78 is 1.24. The van der Waals surface area contributed by atoms with Crippen molar-refractivity contribution in [3.8, 4) is 0 Å². The molecule has 1 saturated heterocycles. The molecule has 0 aliphatic carbocycles. The fourth-order valence-corrected chi connectivity index (χ4v) is 5.02. The van der Waals surface area contributed by atoms with Gasteiger partial charge in [0, 0.05) is 30.0 Å². The molecule has 0 radical (unpaired) electrons. The molecule has 150 valence electrons. The van der Waals surface area contributed by atoms with E-state index in [4.69, 9.17) is 10.7 Å². The first-order chi connectivity index (χ1) is 14.0. The number of quaternary nitrogens is 1. The molecule has 6 nitrogen and oxygen atoms in total. The average Bonchev–Trinajstić information content (AvgIpc) is 3.18. The normalized spacial score (nSPS) is 20.3. The first-order valence-electron chi connectivity index (χ1n) is 9.92. The van der Waals surface area contributed by atoms with Gasteiger partial charge in [0.2, 0.25) is 5.91 Å².